The summed E-state index contributed by atoms with van der Waals surface area (Å²) in [7, 11) is 0. The van der Waals surface area contributed by atoms with Crippen molar-refractivity contribution in [3.8, 4) is 0 Å². The van der Waals surface area contributed by atoms with Crippen molar-refractivity contribution < 1.29 is 57.3 Å². The van der Waals surface area contributed by atoms with E-state index in [9.17, 15) is 0 Å². The van der Waals surface area contributed by atoms with Crippen molar-refractivity contribution in [3.63, 3.8) is 0 Å². The molecule has 0 aliphatic heterocycles. The van der Waals surface area contributed by atoms with Crippen molar-refractivity contribution in [1.82, 2.24) is 0 Å². The SMILES string of the molecule is [MgH2].[Mn].[NaH].[Ni].[O]=[Ti]. The van der Waals surface area contributed by atoms with Gasteiger partial charge in [0.05, 0.1) is 0 Å². The summed E-state index contributed by atoms with van der Waals surface area (Å²) in [6.45, 7) is 0. The fourth-order valence-electron chi connectivity index (χ4n) is 0. The minimum atomic E-state index is 0. The van der Waals surface area contributed by atoms with E-state index >= 15 is 0 Å². The van der Waals surface area contributed by atoms with Gasteiger partial charge in [0.2, 0.25) is 0 Å². The second-order valence-electron chi connectivity index (χ2n) is 0. The number of rotatable bonds is 0. The summed E-state index contributed by atoms with van der Waals surface area (Å²) in [4.78, 5) is 0. The van der Waals surface area contributed by atoms with Crippen LogP contribution in [0.1, 0.15) is 0 Å². The third kappa shape index (κ3) is 26.6. The van der Waals surface area contributed by atoms with Crippen LogP contribution >= 0.6 is 0 Å². The summed E-state index contributed by atoms with van der Waals surface area (Å²) in [5.41, 5.74) is 0. The van der Waals surface area contributed by atoms with Crippen LogP contribution in [0.3, 0.4) is 0 Å². The fourth-order valence-corrected chi connectivity index (χ4v) is 0. The van der Waals surface area contributed by atoms with Gasteiger partial charge in [0.15, 0.2) is 0 Å². The minimum absolute atomic E-state index is 0. The van der Waals surface area contributed by atoms with Gasteiger partial charge in [-0.25, -0.2) is 0 Å². The maximum atomic E-state index is 8.25. The van der Waals surface area contributed by atoms with Gasteiger partial charge in [-0.1, -0.05) is 0 Å². The molecule has 0 aromatic carbocycles. The van der Waals surface area contributed by atoms with Gasteiger partial charge in [-0.3, -0.25) is 0 Å². The average Bonchev–Trinajstić information content (AvgIpc) is 1.00. The average molecular weight is 228 g/mol. The molecule has 0 saturated carbocycles. The quantitative estimate of drug-likeness (QED) is 0.452. The molecule has 0 saturated heterocycles. The molecule has 0 N–H and O–H groups in total. The normalized spacial score (nSPS) is 0.500. The van der Waals surface area contributed by atoms with E-state index in [2.05, 4.69) is 0 Å². The Balaban J connectivity index is -0.000000000833. The van der Waals surface area contributed by atoms with Crippen LogP contribution in [0.2, 0.25) is 0 Å². The Morgan fingerprint density at radius 1 is 1.17 bits per heavy atom. The zero-order chi connectivity index (χ0) is 2.00. The van der Waals surface area contributed by atoms with Crippen LogP contribution in [0.4, 0.5) is 0 Å². The van der Waals surface area contributed by atoms with Gasteiger partial charge < -0.3 is 0 Å². The van der Waals surface area contributed by atoms with Gasteiger partial charge in [0.1, 0.15) is 0 Å². The standard InChI is InChI=1S/Mg.Mn.Na.Ni.O.Ti.3H. The molecule has 1 nitrogen and oxygen atoms in total. The summed E-state index contributed by atoms with van der Waals surface area (Å²) in [6, 6.07) is 0. The van der Waals surface area contributed by atoms with E-state index in [0.29, 0.717) is 0 Å². The second-order valence-corrected chi connectivity index (χ2v) is 0. The van der Waals surface area contributed by atoms with E-state index in [-0.39, 0.29) is 86.2 Å². The first-order valence-electron chi connectivity index (χ1n) is 0.204. The maximum absolute atomic E-state index is 8.25. The Bertz CT molecular complexity index is 15.5. The van der Waals surface area contributed by atoms with E-state index in [0.717, 1.165) is 20.4 Å². The van der Waals surface area contributed by atoms with Crippen LogP contribution in [0, 0.1) is 0 Å². The Kier molecular flexibility index (Phi) is 235. The van der Waals surface area contributed by atoms with E-state index in [4.69, 9.17) is 3.32 Å². The Morgan fingerprint density at radius 2 is 1.17 bits per heavy atom. The molecule has 0 spiro atoms. The zero-order valence-corrected chi connectivity index (χ0v) is 5.33. The van der Waals surface area contributed by atoms with Gasteiger partial charge in [0, 0.05) is 33.6 Å². The van der Waals surface area contributed by atoms with E-state index < -0.39 is 0 Å². The molecule has 0 aromatic rings. The summed E-state index contributed by atoms with van der Waals surface area (Å²) >= 11 is 0.750. The molecule has 6 heavy (non-hydrogen) atoms. The molecule has 0 heterocycles. The van der Waals surface area contributed by atoms with Gasteiger partial charge in [-0.15, -0.1) is 0 Å². The van der Waals surface area contributed by atoms with Crippen molar-refractivity contribution in [2.75, 3.05) is 0 Å². The first kappa shape index (κ1) is 34.7. The summed E-state index contributed by atoms with van der Waals surface area (Å²) in [5.74, 6) is 0. The molecule has 1 radical (unpaired) electrons. The van der Waals surface area contributed by atoms with Crippen LogP contribution < -0.4 is 0 Å². The van der Waals surface area contributed by atoms with Crippen LogP contribution in [-0.4, -0.2) is 52.6 Å². The molecule has 0 fully saturated rings. The monoisotopic (exact) mass is 227 g/mol. The van der Waals surface area contributed by atoms with Crippen molar-refractivity contribution in [3.05, 3.63) is 0 Å². The van der Waals surface area contributed by atoms with Crippen LogP contribution in [0.15, 0.2) is 0 Å². The number of hydrogen-bond donors (Lipinski definition) is 0. The molecule has 0 amide bonds. The molecular weight excluding hydrogens is 225 g/mol. The van der Waals surface area contributed by atoms with Crippen molar-refractivity contribution >= 4 is 52.6 Å². The molecule has 0 aromatic heterocycles. The molecule has 0 rings (SSSR count). The van der Waals surface area contributed by atoms with Crippen LogP contribution in [0.25, 0.3) is 0 Å². The van der Waals surface area contributed by atoms with Crippen molar-refractivity contribution in [1.29, 1.82) is 0 Å². The third-order valence-corrected chi connectivity index (χ3v) is 0. The Labute approximate surface area is 108 Å². The number of hydrogen-bond acceptors (Lipinski definition) is 1. The van der Waals surface area contributed by atoms with Gasteiger partial charge in [-0.05, 0) is 0 Å². The fraction of sp³-hybridized carbons (Fsp3) is 0. The molecule has 0 aliphatic carbocycles. The molecule has 6 heteroatoms. The van der Waals surface area contributed by atoms with Gasteiger partial charge in [0.25, 0.3) is 0 Å². The van der Waals surface area contributed by atoms with E-state index in [1.54, 1.807) is 0 Å². The summed E-state index contributed by atoms with van der Waals surface area (Å²) < 4.78 is 8.25. The van der Waals surface area contributed by atoms with Gasteiger partial charge in [-0.2, -0.15) is 0 Å². The Hall–Kier alpha value is 3.29. The predicted octanol–water partition coefficient (Wildman–Crippen LogP) is -1.69. The molecular formula is H3MgMnNaNiOTi. The molecule has 0 aliphatic rings. The second kappa shape index (κ2) is 40.7. The van der Waals surface area contributed by atoms with E-state index in [1.165, 1.54) is 0 Å². The predicted molar refractivity (Wildman–Crippen MR) is 16.4 cm³/mol. The molecule has 0 bridgehead atoms. The summed E-state index contributed by atoms with van der Waals surface area (Å²) in [5, 5.41) is 0. The first-order chi connectivity index (χ1) is 1.00. The summed E-state index contributed by atoms with van der Waals surface area (Å²) in [6.07, 6.45) is 0. The molecule has 0 unspecified atom stereocenters. The molecule has 33 valence electrons. The molecule has 0 atom stereocenters. The van der Waals surface area contributed by atoms with Crippen LogP contribution in [-0.2, 0) is 57.3 Å². The zero-order valence-electron chi connectivity index (χ0n) is 1.60. The van der Waals surface area contributed by atoms with Gasteiger partial charge >= 0.3 is 76.3 Å². The van der Waals surface area contributed by atoms with Crippen molar-refractivity contribution in [2.45, 2.75) is 0 Å². The first-order valence-corrected chi connectivity index (χ1v) is 0.842. The van der Waals surface area contributed by atoms with Crippen LogP contribution in [0.5, 0.6) is 0 Å². The van der Waals surface area contributed by atoms with E-state index in [1.807, 2.05) is 0 Å². The third-order valence-electron chi connectivity index (χ3n) is 0. The topological polar surface area (TPSA) is 17.1 Å². The van der Waals surface area contributed by atoms with Crippen molar-refractivity contribution in [2.24, 2.45) is 0 Å². The Morgan fingerprint density at radius 3 is 1.17 bits per heavy atom.